The molecule has 0 fully saturated rings. The Kier molecular flexibility index (Phi) is 7.05. The van der Waals surface area contributed by atoms with Crippen molar-refractivity contribution in [3.8, 4) is 11.3 Å². The lowest BCUT2D eigenvalue weighted by Crippen LogP contribution is -2.41. The minimum absolute atomic E-state index is 0.182. The lowest BCUT2D eigenvalue weighted by atomic mass is 10.1. The van der Waals surface area contributed by atoms with Crippen LogP contribution >= 0.6 is 11.3 Å². The van der Waals surface area contributed by atoms with E-state index in [1.54, 1.807) is 0 Å². The van der Waals surface area contributed by atoms with Gasteiger partial charge in [-0.1, -0.05) is 29.8 Å². The molecule has 0 radical (unpaired) electrons. The summed E-state index contributed by atoms with van der Waals surface area (Å²) in [6, 6.07) is 6.96. The van der Waals surface area contributed by atoms with E-state index < -0.39 is 17.9 Å². The number of thiazole rings is 1. The zero-order chi connectivity index (χ0) is 18.2. The molecule has 0 aliphatic heterocycles. The molecule has 1 atom stereocenters. The molecule has 1 unspecified atom stereocenters. The van der Waals surface area contributed by atoms with E-state index in [2.05, 4.69) is 15.6 Å². The standard InChI is InChI=1S/C17H21N3O4S/c1-11-3-5-12(6-4-11)14-10-25-17(19-14)20-15(21)9-13(16(22)23)18-7-8-24-2/h3-6,10,13,18H,7-9H2,1-2H3,(H,22,23)(H,19,20,21). The van der Waals surface area contributed by atoms with Gasteiger partial charge in [0.25, 0.3) is 0 Å². The number of hydrogen-bond donors (Lipinski definition) is 3. The summed E-state index contributed by atoms with van der Waals surface area (Å²) < 4.78 is 4.86. The van der Waals surface area contributed by atoms with Crippen LogP contribution in [0.25, 0.3) is 11.3 Å². The second-order valence-corrected chi connectivity index (χ2v) is 6.35. The number of carboxylic acid groups (broad SMARTS) is 1. The average molecular weight is 363 g/mol. The maximum atomic E-state index is 12.1. The zero-order valence-corrected chi connectivity index (χ0v) is 14.9. The molecule has 134 valence electrons. The summed E-state index contributed by atoms with van der Waals surface area (Å²) in [6.45, 7) is 2.74. The van der Waals surface area contributed by atoms with Gasteiger partial charge in [-0.05, 0) is 6.92 Å². The van der Waals surface area contributed by atoms with Gasteiger partial charge < -0.3 is 20.5 Å². The van der Waals surface area contributed by atoms with Gasteiger partial charge in [0, 0.05) is 24.6 Å². The molecule has 7 nitrogen and oxygen atoms in total. The van der Waals surface area contributed by atoms with Crippen molar-refractivity contribution < 1.29 is 19.4 Å². The molecule has 0 spiro atoms. The number of rotatable bonds is 9. The quantitative estimate of drug-likeness (QED) is 0.590. The summed E-state index contributed by atoms with van der Waals surface area (Å²) in [5, 5.41) is 16.9. The number of benzene rings is 1. The third-order valence-corrected chi connectivity index (χ3v) is 4.24. The second-order valence-electron chi connectivity index (χ2n) is 5.49. The summed E-state index contributed by atoms with van der Waals surface area (Å²) in [4.78, 5) is 27.6. The Bertz CT molecular complexity index is 715. The Morgan fingerprint density at radius 1 is 1.32 bits per heavy atom. The first kappa shape index (κ1) is 19.0. The molecule has 0 aliphatic rings. The van der Waals surface area contributed by atoms with Crippen LogP contribution in [0.4, 0.5) is 5.13 Å². The molecule has 0 bridgehead atoms. The van der Waals surface area contributed by atoms with E-state index >= 15 is 0 Å². The first-order valence-electron chi connectivity index (χ1n) is 7.77. The molecule has 25 heavy (non-hydrogen) atoms. The van der Waals surface area contributed by atoms with E-state index in [0.29, 0.717) is 18.3 Å². The van der Waals surface area contributed by atoms with Gasteiger partial charge in [-0.3, -0.25) is 9.59 Å². The van der Waals surface area contributed by atoms with Crippen LogP contribution in [-0.4, -0.2) is 48.3 Å². The number of aliphatic carboxylic acids is 1. The molecule has 0 saturated heterocycles. The molecule has 8 heteroatoms. The molecule has 3 N–H and O–H groups in total. The highest BCUT2D eigenvalue weighted by Crippen LogP contribution is 2.25. The number of carboxylic acids is 1. The Morgan fingerprint density at radius 3 is 2.68 bits per heavy atom. The molecule has 1 amide bonds. The molecule has 2 aromatic rings. The average Bonchev–Trinajstić information content (AvgIpc) is 3.03. The molecule has 0 saturated carbocycles. The third-order valence-electron chi connectivity index (χ3n) is 3.48. The Balaban J connectivity index is 1.93. The Hall–Kier alpha value is -2.29. The van der Waals surface area contributed by atoms with Crippen LogP contribution < -0.4 is 10.6 Å². The van der Waals surface area contributed by atoms with Gasteiger partial charge in [-0.2, -0.15) is 0 Å². The van der Waals surface area contributed by atoms with Crippen molar-refractivity contribution >= 4 is 28.3 Å². The summed E-state index contributed by atoms with van der Waals surface area (Å²) in [6.07, 6.45) is -0.182. The van der Waals surface area contributed by atoms with Crippen LogP contribution in [0.5, 0.6) is 0 Å². The van der Waals surface area contributed by atoms with Gasteiger partial charge in [0.05, 0.1) is 18.7 Å². The first-order valence-corrected chi connectivity index (χ1v) is 8.65. The van der Waals surface area contributed by atoms with E-state index in [9.17, 15) is 9.59 Å². The monoisotopic (exact) mass is 363 g/mol. The van der Waals surface area contributed by atoms with Gasteiger partial charge >= 0.3 is 5.97 Å². The smallest absolute Gasteiger partial charge is 0.321 e. The fourth-order valence-corrected chi connectivity index (χ4v) is 2.86. The maximum absolute atomic E-state index is 12.1. The molecule has 1 aromatic carbocycles. The number of nitrogens with zero attached hydrogens (tertiary/aromatic N) is 1. The number of hydrogen-bond acceptors (Lipinski definition) is 6. The normalized spacial score (nSPS) is 11.9. The molecule has 1 heterocycles. The van der Waals surface area contributed by atoms with Gasteiger partial charge in [0.2, 0.25) is 5.91 Å². The van der Waals surface area contributed by atoms with Crippen LogP contribution in [0.1, 0.15) is 12.0 Å². The molecular weight excluding hydrogens is 342 g/mol. The number of aromatic nitrogens is 1. The fraction of sp³-hybridized carbons (Fsp3) is 0.353. The van der Waals surface area contributed by atoms with Crippen LogP contribution in [-0.2, 0) is 14.3 Å². The maximum Gasteiger partial charge on any atom is 0.321 e. The number of carbonyl (C=O) groups excluding carboxylic acids is 1. The summed E-state index contributed by atoms with van der Waals surface area (Å²) in [5.74, 6) is -1.48. The minimum atomic E-state index is -1.08. The number of anilines is 1. The second kappa shape index (κ2) is 9.26. The predicted molar refractivity (Wildman–Crippen MR) is 96.8 cm³/mol. The van der Waals surface area contributed by atoms with Gasteiger partial charge in [-0.25, -0.2) is 4.98 Å². The number of carbonyl (C=O) groups is 2. The van der Waals surface area contributed by atoms with Crippen molar-refractivity contribution in [1.29, 1.82) is 0 Å². The number of amides is 1. The van der Waals surface area contributed by atoms with E-state index in [1.807, 2.05) is 36.6 Å². The molecule has 2 rings (SSSR count). The van der Waals surface area contributed by atoms with Crippen molar-refractivity contribution in [2.24, 2.45) is 0 Å². The highest BCUT2D eigenvalue weighted by molar-refractivity contribution is 7.14. The van der Waals surface area contributed by atoms with E-state index in [4.69, 9.17) is 9.84 Å². The number of nitrogens with one attached hydrogen (secondary N) is 2. The predicted octanol–water partition coefficient (Wildman–Crippen LogP) is 2.14. The lowest BCUT2D eigenvalue weighted by molar-refractivity contribution is -0.141. The first-order chi connectivity index (χ1) is 12.0. The highest BCUT2D eigenvalue weighted by atomic mass is 32.1. The van der Waals surface area contributed by atoms with Gasteiger partial charge in [-0.15, -0.1) is 11.3 Å². The summed E-state index contributed by atoms with van der Waals surface area (Å²) in [5.41, 5.74) is 2.90. The van der Waals surface area contributed by atoms with Gasteiger partial charge in [0.1, 0.15) is 6.04 Å². The van der Waals surface area contributed by atoms with Crippen LogP contribution in [0, 0.1) is 6.92 Å². The summed E-state index contributed by atoms with van der Waals surface area (Å²) in [7, 11) is 1.53. The van der Waals surface area contributed by atoms with Crippen molar-refractivity contribution in [2.45, 2.75) is 19.4 Å². The van der Waals surface area contributed by atoms with Crippen molar-refractivity contribution in [2.75, 3.05) is 25.6 Å². The SMILES string of the molecule is COCCNC(CC(=O)Nc1nc(-c2ccc(C)cc2)cs1)C(=O)O. The van der Waals surface area contributed by atoms with Crippen molar-refractivity contribution in [1.82, 2.24) is 10.3 Å². The van der Waals surface area contributed by atoms with E-state index in [-0.39, 0.29) is 6.42 Å². The largest absolute Gasteiger partial charge is 0.480 e. The van der Waals surface area contributed by atoms with Crippen LogP contribution in [0.15, 0.2) is 29.6 Å². The summed E-state index contributed by atoms with van der Waals surface area (Å²) >= 11 is 1.30. The molecule has 1 aromatic heterocycles. The van der Waals surface area contributed by atoms with Crippen LogP contribution in [0.2, 0.25) is 0 Å². The fourth-order valence-electron chi connectivity index (χ4n) is 2.13. The minimum Gasteiger partial charge on any atom is -0.480 e. The zero-order valence-electron chi connectivity index (χ0n) is 14.1. The number of methoxy groups -OCH3 is 1. The lowest BCUT2D eigenvalue weighted by Gasteiger charge is -2.13. The number of ether oxygens (including phenoxy) is 1. The topological polar surface area (TPSA) is 101 Å². The Labute approximate surface area is 150 Å². The van der Waals surface area contributed by atoms with Crippen molar-refractivity contribution in [3.05, 3.63) is 35.2 Å². The van der Waals surface area contributed by atoms with Gasteiger partial charge in [0.15, 0.2) is 5.13 Å². The molecule has 0 aliphatic carbocycles. The van der Waals surface area contributed by atoms with Crippen LogP contribution in [0.3, 0.4) is 0 Å². The highest BCUT2D eigenvalue weighted by Gasteiger charge is 2.21. The Morgan fingerprint density at radius 2 is 2.04 bits per heavy atom. The number of aryl methyl sites for hydroxylation is 1. The van der Waals surface area contributed by atoms with E-state index in [0.717, 1.165) is 16.8 Å². The molecular formula is C17H21N3O4S. The third kappa shape index (κ3) is 5.93. The van der Waals surface area contributed by atoms with Crippen molar-refractivity contribution in [3.63, 3.8) is 0 Å². The van der Waals surface area contributed by atoms with E-state index in [1.165, 1.54) is 18.4 Å².